The minimum absolute atomic E-state index is 0.219. The second-order valence-electron chi connectivity index (χ2n) is 3.96. The minimum atomic E-state index is -0.358. The van der Waals surface area contributed by atoms with E-state index >= 15 is 0 Å². The number of aromatic nitrogens is 1. The summed E-state index contributed by atoms with van der Waals surface area (Å²) in [6.45, 7) is 4.05. The molecule has 0 aliphatic heterocycles. The lowest BCUT2D eigenvalue weighted by molar-refractivity contribution is 0.473. The molecule has 0 saturated heterocycles. The third kappa shape index (κ3) is 3.59. The third-order valence-electron chi connectivity index (χ3n) is 2.65. The first-order valence-corrected chi connectivity index (χ1v) is 6.48. The highest BCUT2D eigenvalue weighted by atomic mass is 79.9. The molecule has 1 N–H and O–H groups in total. The number of halogens is 3. The number of anilines is 1. The number of hydrogen-bond donors (Lipinski definition) is 1. The van der Waals surface area contributed by atoms with E-state index in [1.807, 2.05) is 13.8 Å². The van der Waals surface area contributed by atoms with Crippen molar-refractivity contribution in [3.05, 3.63) is 22.6 Å². The Morgan fingerprint density at radius 1 is 1.62 bits per heavy atom. The summed E-state index contributed by atoms with van der Waals surface area (Å²) < 4.78 is 14.2. The normalized spacial score (nSPS) is 14.6. The van der Waals surface area contributed by atoms with Gasteiger partial charge in [-0.3, -0.25) is 0 Å². The van der Waals surface area contributed by atoms with Crippen LogP contribution >= 0.6 is 27.5 Å². The summed E-state index contributed by atoms with van der Waals surface area (Å²) in [5.41, 5.74) is -0.219. The molecule has 1 aromatic rings. The van der Waals surface area contributed by atoms with E-state index in [0.29, 0.717) is 10.4 Å². The van der Waals surface area contributed by atoms with Gasteiger partial charge in [-0.25, -0.2) is 9.37 Å². The first-order chi connectivity index (χ1) is 7.50. The summed E-state index contributed by atoms with van der Waals surface area (Å²) >= 11 is 8.91. The molecule has 0 aromatic carbocycles. The van der Waals surface area contributed by atoms with Crippen molar-refractivity contribution < 1.29 is 4.39 Å². The molecule has 0 saturated carbocycles. The zero-order valence-corrected chi connectivity index (χ0v) is 11.7. The number of rotatable bonds is 5. The van der Waals surface area contributed by atoms with Crippen molar-refractivity contribution >= 4 is 33.3 Å². The van der Waals surface area contributed by atoms with Crippen LogP contribution in [0.1, 0.15) is 26.7 Å². The number of alkyl halides is 1. The van der Waals surface area contributed by atoms with Gasteiger partial charge in [-0.15, -0.1) is 11.6 Å². The minimum Gasteiger partial charge on any atom is -0.362 e. The van der Waals surface area contributed by atoms with Gasteiger partial charge in [0.05, 0.1) is 0 Å². The summed E-state index contributed by atoms with van der Waals surface area (Å²) in [6, 6.07) is 1.39. The smallest absolute Gasteiger partial charge is 0.166 e. The average Bonchev–Trinajstić information content (AvgIpc) is 2.23. The Morgan fingerprint density at radius 3 is 2.81 bits per heavy atom. The largest absolute Gasteiger partial charge is 0.362 e. The summed E-state index contributed by atoms with van der Waals surface area (Å²) in [5.74, 6) is 0.455. The van der Waals surface area contributed by atoms with Gasteiger partial charge in [-0.1, -0.05) is 6.92 Å². The van der Waals surface area contributed by atoms with Gasteiger partial charge in [-0.2, -0.15) is 0 Å². The van der Waals surface area contributed by atoms with Crippen molar-refractivity contribution in [2.75, 3.05) is 11.2 Å². The Labute approximate surface area is 109 Å². The van der Waals surface area contributed by atoms with Gasteiger partial charge in [0.1, 0.15) is 0 Å². The van der Waals surface area contributed by atoms with Gasteiger partial charge in [-0.05, 0) is 41.8 Å². The summed E-state index contributed by atoms with van der Waals surface area (Å²) in [5, 5.41) is 3.11. The van der Waals surface area contributed by atoms with Crippen molar-refractivity contribution in [2.24, 2.45) is 0 Å². The fraction of sp³-hybridized carbons (Fsp3) is 0.545. The summed E-state index contributed by atoms with van der Waals surface area (Å²) in [4.78, 5) is 4.02. The zero-order chi connectivity index (χ0) is 12.2. The maximum atomic E-state index is 13.6. The molecule has 0 spiro atoms. The van der Waals surface area contributed by atoms with Crippen LogP contribution in [-0.2, 0) is 0 Å². The van der Waals surface area contributed by atoms with E-state index in [1.165, 1.54) is 6.07 Å². The number of nitrogens with zero attached hydrogens (tertiary/aromatic N) is 1. The summed E-state index contributed by atoms with van der Waals surface area (Å²) in [7, 11) is 0. The van der Waals surface area contributed by atoms with E-state index in [9.17, 15) is 4.39 Å². The first-order valence-electron chi connectivity index (χ1n) is 5.16. The molecule has 1 atom stereocenters. The highest BCUT2D eigenvalue weighted by Gasteiger charge is 2.22. The molecule has 1 unspecified atom stereocenters. The van der Waals surface area contributed by atoms with Gasteiger partial charge < -0.3 is 5.32 Å². The molecule has 5 heteroatoms. The van der Waals surface area contributed by atoms with Crippen LogP contribution < -0.4 is 5.32 Å². The molecule has 0 radical (unpaired) electrons. The molecule has 1 rings (SSSR count). The van der Waals surface area contributed by atoms with E-state index in [-0.39, 0.29) is 17.2 Å². The Balaban J connectivity index is 2.85. The first kappa shape index (κ1) is 13.7. The Morgan fingerprint density at radius 2 is 2.31 bits per heavy atom. The van der Waals surface area contributed by atoms with Crippen LogP contribution in [0.25, 0.3) is 0 Å². The molecular formula is C11H15BrClFN2. The van der Waals surface area contributed by atoms with Crippen LogP contribution in [0.15, 0.2) is 16.7 Å². The van der Waals surface area contributed by atoms with Crippen LogP contribution in [0.4, 0.5) is 10.2 Å². The molecule has 2 nitrogen and oxygen atoms in total. The lowest BCUT2D eigenvalue weighted by atomic mass is 9.95. The van der Waals surface area contributed by atoms with E-state index < -0.39 is 0 Å². The fourth-order valence-electron chi connectivity index (χ4n) is 1.33. The second kappa shape index (κ2) is 5.82. The lowest BCUT2D eigenvalue weighted by Gasteiger charge is -2.29. The molecule has 0 aliphatic rings. The van der Waals surface area contributed by atoms with Crippen LogP contribution in [0.5, 0.6) is 0 Å². The monoisotopic (exact) mass is 308 g/mol. The standard InChI is InChI=1S/C11H15BrClFN2/c1-3-11(2,4-5-13)16-10-9(14)6-8(12)7-15-10/h6-7H,3-5H2,1-2H3,(H,15,16). The lowest BCUT2D eigenvalue weighted by Crippen LogP contribution is -2.35. The number of nitrogens with one attached hydrogen (secondary N) is 1. The highest BCUT2D eigenvalue weighted by molar-refractivity contribution is 9.10. The van der Waals surface area contributed by atoms with Gasteiger partial charge in [0, 0.05) is 22.1 Å². The Hall–Kier alpha value is -0.350. The van der Waals surface area contributed by atoms with Crippen LogP contribution in [0.2, 0.25) is 0 Å². The molecule has 16 heavy (non-hydrogen) atoms. The quantitative estimate of drug-likeness (QED) is 0.825. The molecule has 0 amide bonds. The molecule has 1 heterocycles. The highest BCUT2D eigenvalue weighted by Crippen LogP contribution is 2.24. The van der Waals surface area contributed by atoms with Crippen molar-refractivity contribution in [2.45, 2.75) is 32.2 Å². The van der Waals surface area contributed by atoms with Crippen molar-refractivity contribution in [1.29, 1.82) is 0 Å². The SMILES string of the molecule is CCC(C)(CCCl)Nc1ncc(Br)cc1F. The van der Waals surface area contributed by atoms with Gasteiger partial charge >= 0.3 is 0 Å². The van der Waals surface area contributed by atoms with Crippen LogP contribution in [0, 0.1) is 5.82 Å². The maximum absolute atomic E-state index is 13.6. The summed E-state index contributed by atoms with van der Waals surface area (Å²) in [6.07, 6.45) is 3.20. The second-order valence-corrected chi connectivity index (χ2v) is 5.26. The van der Waals surface area contributed by atoms with Crippen molar-refractivity contribution in [3.8, 4) is 0 Å². The molecular weight excluding hydrogens is 294 g/mol. The Kier molecular flexibility index (Phi) is 4.99. The van der Waals surface area contributed by atoms with E-state index in [1.54, 1.807) is 6.20 Å². The van der Waals surface area contributed by atoms with E-state index in [2.05, 4.69) is 26.2 Å². The third-order valence-corrected chi connectivity index (χ3v) is 3.28. The van der Waals surface area contributed by atoms with Crippen molar-refractivity contribution in [1.82, 2.24) is 4.98 Å². The van der Waals surface area contributed by atoms with Gasteiger partial charge in [0.25, 0.3) is 0 Å². The van der Waals surface area contributed by atoms with Crippen LogP contribution in [0.3, 0.4) is 0 Å². The maximum Gasteiger partial charge on any atom is 0.166 e. The fourth-order valence-corrected chi connectivity index (χ4v) is 2.05. The van der Waals surface area contributed by atoms with Crippen LogP contribution in [-0.4, -0.2) is 16.4 Å². The van der Waals surface area contributed by atoms with Gasteiger partial charge in [0.2, 0.25) is 0 Å². The average molecular weight is 310 g/mol. The predicted octanol–water partition coefficient (Wildman–Crippen LogP) is 4.19. The number of hydrogen-bond acceptors (Lipinski definition) is 2. The number of pyridine rings is 1. The molecule has 1 aromatic heterocycles. The molecule has 0 fully saturated rings. The van der Waals surface area contributed by atoms with E-state index in [4.69, 9.17) is 11.6 Å². The molecule has 90 valence electrons. The van der Waals surface area contributed by atoms with E-state index in [0.717, 1.165) is 12.8 Å². The predicted molar refractivity (Wildman–Crippen MR) is 69.6 cm³/mol. The zero-order valence-electron chi connectivity index (χ0n) is 9.36. The van der Waals surface area contributed by atoms with Crippen molar-refractivity contribution in [3.63, 3.8) is 0 Å². The molecule has 0 aliphatic carbocycles. The van der Waals surface area contributed by atoms with Gasteiger partial charge in [0.15, 0.2) is 11.6 Å². The molecule has 0 bridgehead atoms. The Bertz CT molecular complexity index is 362. The topological polar surface area (TPSA) is 24.9 Å².